The number of benzene rings is 2. The van der Waals surface area contributed by atoms with Crippen LogP contribution in [-0.4, -0.2) is 17.2 Å². The molecule has 0 spiro atoms. The number of aromatic nitrogens is 1. The van der Waals surface area contributed by atoms with Crippen LogP contribution in [0.2, 0.25) is 0 Å². The van der Waals surface area contributed by atoms with Crippen molar-refractivity contribution in [2.45, 2.75) is 13.5 Å². The van der Waals surface area contributed by atoms with Gasteiger partial charge in [-0.05, 0) is 64.3 Å². The van der Waals surface area contributed by atoms with E-state index in [4.69, 9.17) is 19.3 Å². The molecule has 3 aromatic rings. The average molecular weight is 470 g/mol. The van der Waals surface area contributed by atoms with Gasteiger partial charge in [0.1, 0.15) is 6.61 Å². The number of nitriles is 1. The minimum absolute atomic E-state index is 0.0636. The SMILES string of the molecule is COc1cc(/C=C\c2onc(C)c2[N+](=O)[O-])cc(Br)c1OCc1ccc(C#N)cc1. The van der Waals surface area contributed by atoms with Crippen LogP contribution >= 0.6 is 15.9 Å². The molecule has 30 heavy (non-hydrogen) atoms. The second kappa shape index (κ2) is 9.24. The van der Waals surface area contributed by atoms with Crippen molar-refractivity contribution in [2.75, 3.05) is 7.11 Å². The Kier molecular flexibility index (Phi) is 6.49. The highest BCUT2D eigenvalue weighted by molar-refractivity contribution is 9.10. The van der Waals surface area contributed by atoms with Crippen molar-refractivity contribution in [1.82, 2.24) is 5.16 Å². The molecule has 0 aliphatic carbocycles. The molecule has 152 valence electrons. The molecule has 0 unspecified atom stereocenters. The summed E-state index contributed by atoms with van der Waals surface area (Å²) in [4.78, 5) is 10.6. The lowest BCUT2D eigenvalue weighted by Crippen LogP contribution is -1.99. The number of hydrogen-bond donors (Lipinski definition) is 0. The Bertz CT molecular complexity index is 1150. The first-order valence-electron chi connectivity index (χ1n) is 8.71. The number of halogens is 1. The van der Waals surface area contributed by atoms with Crippen LogP contribution in [0.3, 0.4) is 0 Å². The van der Waals surface area contributed by atoms with Gasteiger partial charge < -0.3 is 14.0 Å². The Labute approximate surface area is 180 Å². The topological polar surface area (TPSA) is 111 Å². The molecule has 2 aromatic carbocycles. The second-order valence-corrected chi connectivity index (χ2v) is 7.06. The molecule has 8 nitrogen and oxygen atoms in total. The Morgan fingerprint density at radius 2 is 2.03 bits per heavy atom. The standard InChI is InChI=1S/C21H16BrN3O5/c1-13-20(25(26)27)18(30-24-13)8-7-16-9-17(22)21(19(10-16)28-2)29-12-15-5-3-14(11-23)4-6-15/h3-10H,12H2,1-2H3/b8-7-. The Morgan fingerprint density at radius 1 is 1.30 bits per heavy atom. The van der Waals surface area contributed by atoms with Gasteiger partial charge >= 0.3 is 5.69 Å². The predicted molar refractivity (Wildman–Crippen MR) is 113 cm³/mol. The number of hydrogen-bond acceptors (Lipinski definition) is 7. The molecule has 0 radical (unpaired) electrons. The first kappa shape index (κ1) is 21.1. The van der Waals surface area contributed by atoms with Gasteiger partial charge in [-0.3, -0.25) is 10.1 Å². The molecule has 0 fully saturated rings. The average Bonchev–Trinajstić information content (AvgIpc) is 3.12. The van der Waals surface area contributed by atoms with Gasteiger partial charge in [0.15, 0.2) is 17.2 Å². The molecule has 0 aliphatic heterocycles. The fourth-order valence-corrected chi connectivity index (χ4v) is 3.27. The van der Waals surface area contributed by atoms with Gasteiger partial charge in [-0.15, -0.1) is 0 Å². The smallest absolute Gasteiger partial charge is 0.338 e. The van der Waals surface area contributed by atoms with Crippen LogP contribution in [0.1, 0.15) is 28.1 Å². The van der Waals surface area contributed by atoms with Crippen molar-refractivity contribution in [2.24, 2.45) is 0 Å². The number of nitrogens with zero attached hydrogens (tertiary/aromatic N) is 3. The lowest BCUT2D eigenvalue weighted by atomic mass is 10.1. The molecular weight excluding hydrogens is 454 g/mol. The monoisotopic (exact) mass is 469 g/mol. The van der Waals surface area contributed by atoms with Crippen molar-refractivity contribution in [3.05, 3.63) is 79.1 Å². The van der Waals surface area contributed by atoms with Crippen LogP contribution in [0.5, 0.6) is 11.5 Å². The Morgan fingerprint density at radius 3 is 2.67 bits per heavy atom. The first-order valence-corrected chi connectivity index (χ1v) is 9.50. The van der Waals surface area contributed by atoms with E-state index in [-0.39, 0.29) is 17.1 Å². The largest absolute Gasteiger partial charge is 0.493 e. The molecule has 0 atom stereocenters. The zero-order valence-electron chi connectivity index (χ0n) is 16.1. The summed E-state index contributed by atoms with van der Waals surface area (Å²) in [6.07, 6.45) is 3.14. The maximum atomic E-state index is 11.2. The summed E-state index contributed by atoms with van der Waals surface area (Å²) < 4.78 is 17.0. The highest BCUT2D eigenvalue weighted by atomic mass is 79.9. The van der Waals surface area contributed by atoms with Crippen LogP contribution in [0.4, 0.5) is 5.69 Å². The van der Waals surface area contributed by atoms with E-state index in [1.807, 2.05) is 12.1 Å². The van der Waals surface area contributed by atoms with Gasteiger partial charge in [0.2, 0.25) is 5.76 Å². The normalized spacial score (nSPS) is 10.7. The number of nitro groups is 1. The van der Waals surface area contributed by atoms with E-state index in [0.29, 0.717) is 33.7 Å². The van der Waals surface area contributed by atoms with Gasteiger partial charge in [0, 0.05) is 0 Å². The summed E-state index contributed by atoms with van der Waals surface area (Å²) in [6, 6.07) is 12.7. The third kappa shape index (κ3) is 4.67. The maximum absolute atomic E-state index is 11.2. The fourth-order valence-electron chi connectivity index (χ4n) is 2.69. The van der Waals surface area contributed by atoms with E-state index in [1.165, 1.54) is 20.1 Å². The van der Waals surface area contributed by atoms with Crippen molar-refractivity contribution in [3.8, 4) is 17.6 Å². The van der Waals surface area contributed by atoms with Crippen molar-refractivity contribution >= 4 is 33.8 Å². The third-order valence-corrected chi connectivity index (χ3v) is 4.77. The number of ether oxygens (including phenoxy) is 2. The minimum Gasteiger partial charge on any atom is -0.493 e. The lowest BCUT2D eigenvalue weighted by molar-refractivity contribution is -0.386. The highest BCUT2D eigenvalue weighted by Gasteiger charge is 2.22. The number of rotatable bonds is 7. The van der Waals surface area contributed by atoms with Gasteiger partial charge in [-0.1, -0.05) is 23.4 Å². The molecule has 0 saturated heterocycles. The molecular formula is C21H16BrN3O5. The molecule has 3 rings (SSSR count). The van der Waals surface area contributed by atoms with Crippen molar-refractivity contribution < 1.29 is 18.9 Å². The van der Waals surface area contributed by atoms with Crippen LogP contribution in [0, 0.1) is 28.4 Å². The van der Waals surface area contributed by atoms with Crippen LogP contribution in [0.25, 0.3) is 12.2 Å². The fraction of sp³-hybridized carbons (Fsp3) is 0.143. The molecule has 1 aromatic heterocycles. The molecule has 1 heterocycles. The van der Waals surface area contributed by atoms with Gasteiger partial charge in [0.05, 0.1) is 28.1 Å². The first-order chi connectivity index (χ1) is 14.4. The Balaban J connectivity index is 1.81. The van der Waals surface area contributed by atoms with Crippen molar-refractivity contribution in [3.63, 3.8) is 0 Å². The van der Waals surface area contributed by atoms with Gasteiger partial charge in [-0.25, -0.2) is 0 Å². The maximum Gasteiger partial charge on any atom is 0.338 e. The molecule has 0 N–H and O–H groups in total. The van der Waals surface area contributed by atoms with E-state index < -0.39 is 4.92 Å². The van der Waals surface area contributed by atoms with E-state index in [1.54, 1.807) is 30.3 Å². The lowest BCUT2D eigenvalue weighted by Gasteiger charge is -2.13. The zero-order valence-corrected chi connectivity index (χ0v) is 17.7. The van der Waals surface area contributed by atoms with Crippen LogP contribution in [0.15, 0.2) is 45.4 Å². The summed E-state index contributed by atoms with van der Waals surface area (Å²) in [5.41, 5.74) is 2.24. The third-order valence-electron chi connectivity index (χ3n) is 4.18. The van der Waals surface area contributed by atoms with E-state index in [0.717, 1.165) is 5.56 Å². The molecule has 0 bridgehead atoms. The zero-order chi connectivity index (χ0) is 21.7. The highest BCUT2D eigenvalue weighted by Crippen LogP contribution is 2.38. The molecule has 0 amide bonds. The summed E-state index contributed by atoms with van der Waals surface area (Å²) in [7, 11) is 1.52. The summed E-state index contributed by atoms with van der Waals surface area (Å²) >= 11 is 3.48. The molecule has 0 aliphatic rings. The van der Waals surface area contributed by atoms with E-state index in [2.05, 4.69) is 27.2 Å². The van der Waals surface area contributed by atoms with Gasteiger partial charge in [-0.2, -0.15) is 5.26 Å². The number of methoxy groups -OCH3 is 1. The summed E-state index contributed by atoms with van der Waals surface area (Å²) in [6.45, 7) is 1.80. The molecule has 0 saturated carbocycles. The van der Waals surface area contributed by atoms with Crippen LogP contribution in [-0.2, 0) is 6.61 Å². The Hall–Kier alpha value is -3.64. The summed E-state index contributed by atoms with van der Waals surface area (Å²) in [5, 5.41) is 23.7. The van der Waals surface area contributed by atoms with Crippen molar-refractivity contribution in [1.29, 1.82) is 5.26 Å². The predicted octanol–water partition coefficient (Wildman–Crippen LogP) is 5.28. The van der Waals surface area contributed by atoms with E-state index >= 15 is 0 Å². The summed E-state index contributed by atoms with van der Waals surface area (Å²) in [5.74, 6) is 1.06. The quantitative estimate of drug-likeness (QED) is 0.341. The van der Waals surface area contributed by atoms with Gasteiger partial charge in [0.25, 0.3) is 0 Å². The van der Waals surface area contributed by atoms with E-state index in [9.17, 15) is 10.1 Å². The number of aryl methyl sites for hydroxylation is 1. The van der Waals surface area contributed by atoms with Crippen LogP contribution < -0.4 is 9.47 Å². The second-order valence-electron chi connectivity index (χ2n) is 6.20. The minimum atomic E-state index is -0.526. The molecule has 9 heteroatoms.